The van der Waals surface area contributed by atoms with E-state index in [1.54, 1.807) is 6.92 Å². The lowest BCUT2D eigenvalue weighted by molar-refractivity contribution is 0.588. The molecule has 1 rings (SSSR count). The predicted octanol–water partition coefficient (Wildman–Crippen LogP) is 1.25. The van der Waals surface area contributed by atoms with Gasteiger partial charge in [0.05, 0.1) is 4.90 Å². The van der Waals surface area contributed by atoms with Gasteiger partial charge < -0.3 is 5.73 Å². The van der Waals surface area contributed by atoms with E-state index in [0.29, 0.717) is 10.2 Å². The van der Waals surface area contributed by atoms with Crippen LogP contribution in [0.5, 0.6) is 0 Å². The van der Waals surface area contributed by atoms with Crippen LogP contribution in [0.3, 0.4) is 0 Å². The lowest BCUT2D eigenvalue weighted by atomic mass is 10.2. The van der Waals surface area contributed by atoms with Crippen LogP contribution in [-0.4, -0.2) is 15.5 Å². The molecule has 0 saturated carbocycles. The fourth-order valence-electron chi connectivity index (χ4n) is 0.997. The predicted molar refractivity (Wildman–Crippen MR) is 59.5 cm³/mol. The molecule has 14 heavy (non-hydrogen) atoms. The molecule has 4 nitrogen and oxygen atoms in total. The lowest BCUT2D eigenvalue weighted by Crippen LogP contribution is -2.18. The summed E-state index contributed by atoms with van der Waals surface area (Å²) < 4.78 is 25.7. The molecule has 6 heteroatoms. The van der Waals surface area contributed by atoms with Gasteiger partial charge in [0.2, 0.25) is 10.0 Å². The summed E-state index contributed by atoms with van der Waals surface area (Å²) in [6, 6.07) is 3.01. The van der Waals surface area contributed by atoms with Crippen LogP contribution in [-0.2, 0) is 10.0 Å². The number of sulfonamides is 1. The van der Waals surface area contributed by atoms with E-state index in [-0.39, 0.29) is 4.90 Å². The number of aryl methyl sites for hydroxylation is 1. The van der Waals surface area contributed by atoms with E-state index >= 15 is 0 Å². The van der Waals surface area contributed by atoms with Crippen molar-refractivity contribution in [3.63, 3.8) is 0 Å². The number of nitrogen functional groups attached to an aromatic ring is 1. The lowest BCUT2D eigenvalue weighted by Gasteiger charge is -2.07. The number of anilines is 1. The van der Waals surface area contributed by atoms with E-state index in [9.17, 15) is 8.42 Å². The third kappa shape index (κ3) is 2.08. The summed E-state index contributed by atoms with van der Waals surface area (Å²) in [5.41, 5.74) is 6.96. The Morgan fingerprint density at radius 1 is 1.43 bits per heavy atom. The summed E-state index contributed by atoms with van der Waals surface area (Å²) in [5.74, 6) is 0. The topological polar surface area (TPSA) is 72.2 Å². The van der Waals surface area contributed by atoms with Crippen molar-refractivity contribution in [1.29, 1.82) is 0 Å². The first-order chi connectivity index (χ1) is 6.38. The van der Waals surface area contributed by atoms with E-state index < -0.39 is 10.0 Å². The first kappa shape index (κ1) is 11.5. The molecule has 0 aromatic heterocycles. The molecule has 0 saturated heterocycles. The summed E-state index contributed by atoms with van der Waals surface area (Å²) in [4.78, 5) is 0.207. The van der Waals surface area contributed by atoms with E-state index in [2.05, 4.69) is 20.7 Å². The number of nitrogens with two attached hydrogens (primary N) is 1. The van der Waals surface area contributed by atoms with Gasteiger partial charge in [0.25, 0.3) is 0 Å². The maximum atomic E-state index is 11.4. The van der Waals surface area contributed by atoms with Crippen LogP contribution < -0.4 is 10.5 Å². The summed E-state index contributed by atoms with van der Waals surface area (Å²) in [6.07, 6.45) is 0. The van der Waals surface area contributed by atoms with Crippen molar-refractivity contribution in [2.75, 3.05) is 12.8 Å². The minimum atomic E-state index is -3.40. The molecule has 0 unspecified atom stereocenters. The molecule has 0 radical (unpaired) electrons. The van der Waals surface area contributed by atoms with Gasteiger partial charge in [-0.3, -0.25) is 0 Å². The zero-order valence-electron chi connectivity index (χ0n) is 7.83. The van der Waals surface area contributed by atoms with Crippen LogP contribution in [0.25, 0.3) is 0 Å². The van der Waals surface area contributed by atoms with Crippen molar-refractivity contribution in [2.24, 2.45) is 0 Å². The molecule has 0 atom stereocenters. The first-order valence-electron chi connectivity index (χ1n) is 3.87. The van der Waals surface area contributed by atoms with Gasteiger partial charge >= 0.3 is 0 Å². The highest BCUT2D eigenvalue weighted by Crippen LogP contribution is 2.26. The third-order valence-corrected chi connectivity index (χ3v) is 3.94. The molecule has 78 valence electrons. The molecule has 0 heterocycles. The number of benzene rings is 1. The van der Waals surface area contributed by atoms with Gasteiger partial charge in [0, 0.05) is 10.2 Å². The minimum absolute atomic E-state index is 0.207. The Morgan fingerprint density at radius 2 is 2.00 bits per heavy atom. The average Bonchev–Trinajstić information content (AvgIpc) is 2.13. The Kier molecular flexibility index (Phi) is 3.18. The van der Waals surface area contributed by atoms with Gasteiger partial charge in [-0.1, -0.05) is 0 Å². The monoisotopic (exact) mass is 278 g/mol. The Morgan fingerprint density at radius 3 is 2.43 bits per heavy atom. The van der Waals surface area contributed by atoms with Crippen LogP contribution in [0.1, 0.15) is 5.56 Å². The summed E-state index contributed by atoms with van der Waals surface area (Å²) >= 11 is 3.20. The maximum Gasteiger partial charge on any atom is 0.240 e. The second kappa shape index (κ2) is 3.88. The van der Waals surface area contributed by atoms with Crippen LogP contribution >= 0.6 is 15.9 Å². The van der Waals surface area contributed by atoms with Gasteiger partial charge in [0.1, 0.15) is 0 Å². The molecule has 0 fully saturated rings. The zero-order valence-corrected chi connectivity index (χ0v) is 10.2. The van der Waals surface area contributed by atoms with Gasteiger partial charge in [-0.05, 0) is 47.6 Å². The van der Waals surface area contributed by atoms with E-state index in [0.717, 1.165) is 5.56 Å². The van der Waals surface area contributed by atoms with Crippen LogP contribution in [0, 0.1) is 6.92 Å². The number of rotatable bonds is 2. The molecule has 0 aliphatic carbocycles. The number of nitrogens with one attached hydrogen (secondary N) is 1. The largest absolute Gasteiger partial charge is 0.398 e. The molecule has 0 bridgehead atoms. The fourth-order valence-corrected chi connectivity index (χ4v) is 2.55. The first-order valence-corrected chi connectivity index (χ1v) is 6.15. The van der Waals surface area contributed by atoms with Crippen molar-refractivity contribution in [2.45, 2.75) is 11.8 Å². The van der Waals surface area contributed by atoms with Gasteiger partial charge in [-0.25, -0.2) is 13.1 Å². The molecule has 1 aromatic carbocycles. The van der Waals surface area contributed by atoms with Crippen molar-refractivity contribution in [3.05, 3.63) is 22.2 Å². The molecule has 0 amide bonds. The standard InChI is InChI=1S/C8H11BrN2O2S/c1-5-3-6(14(12,13)11-2)4-7(9)8(5)10/h3-4,11H,10H2,1-2H3. The second-order valence-corrected chi connectivity index (χ2v) is 5.58. The number of halogens is 1. The van der Waals surface area contributed by atoms with E-state index in [4.69, 9.17) is 5.73 Å². The van der Waals surface area contributed by atoms with Crippen LogP contribution in [0.2, 0.25) is 0 Å². The number of hydrogen-bond donors (Lipinski definition) is 2. The molecule has 1 aromatic rings. The van der Waals surface area contributed by atoms with Crippen molar-refractivity contribution in [3.8, 4) is 0 Å². The molecule has 0 spiro atoms. The molecular weight excluding hydrogens is 268 g/mol. The van der Waals surface area contributed by atoms with E-state index in [1.165, 1.54) is 19.2 Å². The van der Waals surface area contributed by atoms with E-state index in [1.807, 2.05) is 0 Å². The number of hydrogen-bond acceptors (Lipinski definition) is 3. The summed E-state index contributed by atoms with van der Waals surface area (Å²) in [5, 5.41) is 0. The highest BCUT2D eigenvalue weighted by Gasteiger charge is 2.13. The summed E-state index contributed by atoms with van der Waals surface area (Å²) in [6.45, 7) is 1.76. The Bertz CT molecular complexity index is 433. The Balaban J connectivity index is 3.41. The zero-order chi connectivity index (χ0) is 10.9. The van der Waals surface area contributed by atoms with Crippen molar-refractivity contribution in [1.82, 2.24) is 4.72 Å². The maximum absolute atomic E-state index is 11.4. The van der Waals surface area contributed by atoms with Gasteiger partial charge in [-0.15, -0.1) is 0 Å². The van der Waals surface area contributed by atoms with Crippen molar-refractivity contribution < 1.29 is 8.42 Å². The molecule has 0 aliphatic heterocycles. The van der Waals surface area contributed by atoms with Crippen LogP contribution in [0.15, 0.2) is 21.5 Å². The molecular formula is C8H11BrN2O2S. The Labute approximate surface area is 91.7 Å². The van der Waals surface area contributed by atoms with Crippen LogP contribution in [0.4, 0.5) is 5.69 Å². The summed E-state index contributed by atoms with van der Waals surface area (Å²) in [7, 11) is -2.03. The normalized spacial score (nSPS) is 11.6. The Hall–Kier alpha value is -0.590. The second-order valence-electron chi connectivity index (χ2n) is 2.84. The molecule has 0 aliphatic rings. The SMILES string of the molecule is CNS(=O)(=O)c1cc(C)c(N)c(Br)c1. The fraction of sp³-hybridized carbons (Fsp3) is 0.250. The quantitative estimate of drug-likeness (QED) is 0.800. The van der Waals surface area contributed by atoms with Gasteiger partial charge in [0.15, 0.2) is 0 Å². The van der Waals surface area contributed by atoms with Gasteiger partial charge in [-0.2, -0.15) is 0 Å². The third-order valence-electron chi connectivity index (χ3n) is 1.89. The highest BCUT2D eigenvalue weighted by atomic mass is 79.9. The highest BCUT2D eigenvalue weighted by molar-refractivity contribution is 9.10. The smallest absolute Gasteiger partial charge is 0.240 e. The molecule has 3 N–H and O–H groups in total. The van der Waals surface area contributed by atoms with Crippen molar-refractivity contribution >= 4 is 31.6 Å². The average molecular weight is 279 g/mol. The minimum Gasteiger partial charge on any atom is -0.398 e.